The minimum Gasteiger partial charge on any atom is -0.473 e. The summed E-state index contributed by atoms with van der Waals surface area (Å²) in [6.07, 6.45) is 4.63. The van der Waals surface area contributed by atoms with Gasteiger partial charge in [-0.3, -0.25) is 0 Å². The fourth-order valence-corrected chi connectivity index (χ4v) is 4.59. The second kappa shape index (κ2) is 7.91. The minimum absolute atomic E-state index is 0.408. The second-order valence-corrected chi connectivity index (χ2v) is 7.94. The van der Waals surface area contributed by atoms with Crippen LogP contribution >= 0.6 is 0 Å². The van der Waals surface area contributed by atoms with Crippen LogP contribution in [0.25, 0.3) is 22.3 Å². The van der Waals surface area contributed by atoms with Crippen molar-refractivity contribution in [2.24, 2.45) is 13.0 Å². The SMILES string of the molecule is Cc1cccc2c(-c3noc(C4CN5CCC4CC5)n3)cn(C)c12.O=C(O)C(=O)O. The lowest BCUT2D eigenvalue weighted by Gasteiger charge is -2.43. The zero-order valence-corrected chi connectivity index (χ0v) is 16.9. The van der Waals surface area contributed by atoms with E-state index in [1.54, 1.807) is 0 Å². The first-order chi connectivity index (χ1) is 14.3. The summed E-state index contributed by atoms with van der Waals surface area (Å²) in [6, 6.07) is 6.37. The number of piperidine rings is 3. The van der Waals surface area contributed by atoms with Gasteiger partial charge >= 0.3 is 11.9 Å². The molecule has 5 heterocycles. The van der Waals surface area contributed by atoms with E-state index in [1.165, 1.54) is 42.4 Å². The number of aromatic nitrogens is 3. The van der Waals surface area contributed by atoms with Crippen molar-refractivity contribution in [1.82, 2.24) is 19.6 Å². The Kier molecular flexibility index (Phi) is 5.29. The predicted octanol–water partition coefficient (Wildman–Crippen LogP) is 2.50. The Morgan fingerprint density at radius 3 is 2.47 bits per heavy atom. The quantitative estimate of drug-likeness (QED) is 0.616. The van der Waals surface area contributed by atoms with Crippen LogP contribution < -0.4 is 0 Å². The molecule has 2 N–H and O–H groups in total. The van der Waals surface area contributed by atoms with Crippen LogP contribution in [0.3, 0.4) is 0 Å². The van der Waals surface area contributed by atoms with E-state index in [4.69, 9.17) is 29.3 Å². The molecule has 3 aliphatic heterocycles. The molecule has 158 valence electrons. The van der Waals surface area contributed by atoms with Gasteiger partial charge in [-0.15, -0.1) is 0 Å². The van der Waals surface area contributed by atoms with Gasteiger partial charge in [0.25, 0.3) is 0 Å². The molecule has 0 radical (unpaired) electrons. The number of hydrogen-bond acceptors (Lipinski definition) is 6. The van der Waals surface area contributed by atoms with Crippen LogP contribution in [-0.4, -0.2) is 61.4 Å². The molecule has 9 heteroatoms. The van der Waals surface area contributed by atoms with Gasteiger partial charge in [-0.05, 0) is 44.3 Å². The van der Waals surface area contributed by atoms with Crippen LogP contribution in [0.1, 0.15) is 30.2 Å². The third-order valence-electron chi connectivity index (χ3n) is 6.04. The van der Waals surface area contributed by atoms with Gasteiger partial charge in [0.1, 0.15) is 0 Å². The molecule has 9 nitrogen and oxygen atoms in total. The Bertz CT molecular complexity index is 1080. The molecule has 0 saturated carbocycles. The van der Waals surface area contributed by atoms with E-state index >= 15 is 0 Å². The first-order valence-corrected chi connectivity index (χ1v) is 9.92. The van der Waals surface area contributed by atoms with Crippen LogP contribution in [0.2, 0.25) is 0 Å². The molecule has 0 spiro atoms. The Hall–Kier alpha value is -3.20. The minimum atomic E-state index is -1.82. The van der Waals surface area contributed by atoms with Gasteiger partial charge in [0.2, 0.25) is 11.7 Å². The standard InChI is InChI=1S/C19H22N4O.C2H2O4/c1-12-4-3-5-14-16(10-22(2)17(12)14)18-20-19(24-21-18)15-11-23-8-6-13(15)7-9-23;3-1(4)2(5)6/h3-5,10,13,15H,6-9,11H2,1-2H3;(H,3,4)(H,5,6). The van der Waals surface area contributed by atoms with Crippen LogP contribution in [0.5, 0.6) is 0 Å². The summed E-state index contributed by atoms with van der Waals surface area (Å²) in [5.74, 6) is -0.991. The van der Waals surface area contributed by atoms with E-state index in [2.05, 4.69) is 53.0 Å². The normalized spacial score (nSPS) is 22.5. The Morgan fingerprint density at radius 2 is 1.87 bits per heavy atom. The van der Waals surface area contributed by atoms with E-state index in [0.29, 0.717) is 11.8 Å². The molecule has 2 bridgehead atoms. The summed E-state index contributed by atoms with van der Waals surface area (Å²) in [5, 5.41) is 20.3. The van der Waals surface area contributed by atoms with Crippen molar-refractivity contribution in [3.05, 3.63) is 35.9 Å². The number of para-hydroxylation sites is 1. The molecule has 30 heavy (non-hydrogen) atoms. The van der Waals surface area contributed by atoms with Crippen molar-refractivity contribution in [1.29, 1.82) is 0 Å². The van der Waals surface area contributed by atoms with Gasteiger partial charge in [0, 0.05) is 30.7 Å². The van der Waals surface area contributed by atoms with Crippen molar-refractivity contribution in [3.8, 4) is 11.4 Å². The maximum Gasteiger partial charge on any atom is 0.414 e. The van der Waals surface area contributed by atoms with E-state index in [-0.39, 0.29) is 0 Å². The smallest absolute Gasteiger partial charge is 0.414 e. The monoisotopic (exact) mass is 412 g/mol. The van der Waals surface area contributed by atoms with Gasteiger partial charge in [-0.2, -0.15) is 4.98 Å². The lowest BCUT2D eigenvalue weighted by molar-refractivity contribution is -0.159. The summed E-state index contributed by atoms with van der Waals surface area (Å²) < 4.78 is 7.86. The first-order valence-electron chi connectivity index (χ1n) is 9.92. The third-order valence-corrected chi connectivity index (χ3v) is 6.04. The van der Waals surface area contributed by atoms with Crippen LogP contribution in [0.15, 0.2) is 28.9 Å². The highest BCUT2D eigenvalue weighted by molar-refractivity contribution is 6.27. The van der Waals surface area contributed by atoms with Gasteiger partial charge in [-0.25, -0.2) is 9.59 Å². The number of rotatable bonds is 2. The molecule has 0 amide bonds. The van der Waals surface area contributed by atoms with Crippen LogP contribution in [-0.2, 0) is 16.6 Å². The fraction of sp³-hybridized carbons (Fsp3) is 0.429. The molecule has 3 fully saturated rings. The molecular weight excluding hydrogens is 388 g/mol. The number of fused-ring (bicyclic) bond motifs is 4. The number of hydrogen-bond donors (Lipinski definition) is 2. The first kappa shape index (κ1) is 20.1. The molecule has 1 unspecified atom stereocenters. The zero-order valence-electron chi connectivity index (χ0n) is 16.9. The molecule has 3 aromatic rings. The number of benzene rings is 1. The Labute approximate surface area is 172 Å². The van der Waals surface area contributed by atoms with Gasteiger partial charge < -0.3 is 24.2 Å². The highest BCUT2D eigenvalue weighted by Gasteiger charge is 2.38. The molecule has 1 aromatic carbocycles. The van der Waals surface area contributed by atoms with Crippen molar-refractivity contribution in [3.63, 3.8) is 0 Å². The summed E-state index contributed by atoms with van der Waals surface area (Å²) in [5.41, 5.74) is 3.57. The van der Waals surface area contributed by atoms with Crippen molar-refractivity contribution in [2.75, 3.05) is 19.6 Å². The van der Waals surface area contributed by atoms with E-state index in [9.17, 15) is 0 Å². The van der Waals surface area contributed by atoms with Gasteiger partial charge in [-0.1, -0.05) is 23.4 Å². The molecule has 1 atom stereocenters. The fourth-order valence-electron chi connectivity index (χ4n) is 4.59. The Balaban J connectivity index is 0.000000322. The maximum atomic E-state index is 9.10. The molecule has 2 aromatic heterocycles. The third kappa shape index (κ3) is 3.68. The van der Waals surface area contributed by atoms with Crippen molar-refractivity contribution < 1.29 is 24.3 Å². The lowest BCUT2D eigenvalue weighted by Crippen LogP contribution is -2.46. The predicted molar refractivity (Wildman–Crippen MR) is 108 cm³/mol. The number of carboxylic acid groups (broad SMARTS) is 2. The molecule has 6 rings (SSSR count). The largest absolute Gasteiger partial charge is 0.473 e. The van der Waals surface area contributed by atoms with E-state index in [1.807, 2.05) is 0 Å². The van der Waals surface area contributed by atoms with Crippen LogP contribution in [0, 0.1) is 12.8 Å². The number of carboxylic acids is 2. The average molecular weight is 412 g/mol. The topological polar surface area (TPSA) is 122 Å². The molecule has 0 aliphatic carbocycles. The number of nitrogens with zero attached hydrogens (tertiary/aromatic N) is 4. The summed E-state index contributed by atoms with van der Waals surface area (Å²) in [4.78, 5) is 25.5. The second-order valence-electron chi connectivity index (χ2n) is 7.94. The van der Waals surface area contributed by atoms with Crippen molar-refractivity contribution in [2.45, 2.75) is 25.7 Å². The lowest BCUT2D eigenvalue weighted by atomic mass is 9.79. The highest BCUT2D eigenvalue weighted by Crippen LogP contribution is 2.39. The van der Waals surface area contributed by atoms with Gasteiger partial charge in [0.05, 0.1) is 11.4 Å². The molecular formula is C21H24N4O5. The number of aliphatic carboxylic acids is 2. The number of carbonyl (C=O) groups is 2. The highest BCUT2D eigenvalue weighted by atomic mass is 16.5. The molecule has 3 aliphatic rings. The average Bonchev–Trinajstić information content (AvgIpc) is 3.35. The Morgan fingerprint density at radius 1 is 1.17 bits per heavy atom. The summed E-state index contributed by atoms with van der Waals surface area (Å²) in [6.45, 7) is 5.66. The summed E-state index contributed by atoms with van der Waals surface area (Å²) >= 11 is 0. The van der Waals surface area contributed by atoms with Gasteiger partial charge in [0.15, 0.2) is 0 Å². The molecule has 3 saturated heterocycles. The number of aryl methyl sites for hydroxylation is 2. The van der Waals surface area contributed by atoms with E-state index < -0.39 is 11.9 Å². The maximum absolute atomic E-state index is 9.10. The van der Waals surface area contributed by atoms with Crippen LogP contribution in [0.4, 0.5) is 0 Å². The van der Waals surface area contributed by atoms with Crippen molar-refractivity contribution >= 4 is 22.8 Å². The summed E-state index contributed by atoms with van der Waals surface area (Å²) in [7, 11) is 2.08. The van der Waals surface area contributed by atoms with E-state index in [0.717, 1.165) is 23.8 Å². The zero-order chi connectivity index (χ0) is 21.4.